The van der Waals surface area contributed by atoms with Crippen LogP contribution < -0.4 is 10.5 Å². The van der Waals surface area contributed by atoms with Crippen molar-refractivity contribution in [2.75, 3.05) is 0 Å². The summed E-state index contributed by atoms with van der Waals surface area (Å²) in [6.07, 6.45) is 0. The Morgan fingerprint density at radius 3 is 2.62 bits per heavy atom. The van der Waals surface area contributed by atoms with Crippen LogP contribution in [0.25, 0.3) is 0 Å². The van der Waals surface area contributed by atoms with Crippen LogP contribution in [0, 0.1) is 17.1 Å². The normalized spacial score (nSPS) is 10.2. The Morgan fingerprint density at radius 1 is 1.19 bits per heavy atom. The number of rotatable bonds is 4. The van der Waals surface area contributed by atoms with Crippen molar-refractivity contribution in [3.8, 4) is 11.8 Å². The van der Waals surface area contributed by atoms with Crippen LogP contribution in [0.3, 0.4) is 0 Å². The van der Waals surface area contributed by atoms with E-state index in [9.17, 15) is 4.39 Å². The van der Waals surface area contributed by atoms with Gasteiger partial charge >= 0.3 is 0 Å². The van der Waals surface area contributed by atoms with E-state index in [1.54, 1.807) is 6.07 Å². The molecule has 0 aliphatic heterocycles. The molecular weight excluding hydrogens is 314 g/mol. The molecule has 2 aromatic carbocycles. The second-order valence-electron chi connectivity index (χ2n) is 4.29. The average Bonchev–Trinajstić information content (AvgIpc) is 2.47. The molecule has 0 aromatic heterocycles. The van der Waals surface area contributed by atoms with Gasteiger partial charge in [-0.3, -0.25) is 0 Å². The van der Waals surface area contributed by atoms with Gasteiger partial charge in [-0.25, -0.2) is 4.39 Å². The van der Waals surface area contributed by atoms with Gasteiger partial charge in [-0.05, 0) is 30.3 Å². The van der Waals surface area contributed by atoms with E-state index in [-0.39, 0.29) is 18.7 Å². The molecule has 0 saturated carbocycles. The molecule has 0 aliphatic rings. The van der Waals surface area contributed by atoms with E-state index < -0.39 is 5.82 Å². The summed E-state index contributed by atoms with van der Waals surface area (Å²) in [5, 5.41) is 9.58. The third-order valence-corrected chi connectivity index (χ3v) is 3.35. The molecule has 21 heavy (non-hydrogen) atoms. The zero-order valence-electron chi connectivity index (χ0n) is 10.9. The molecule has 0 amide bonds. The predicted molar refractivity (Wildman–Crippen MR) is 79.8 cm³/mol. The Labute approximate surface area is 131 Å². The Bertz CT molecular complexity index is 714. The Balaban J connectivity index is 2.27. The Morgan fingerprint density at radius 2 is 1.95 bits per heavy atom. The number of nitrogens with zero attached hydrogens (tertiary/aromatic N) is 1. The first-order chi connectivity index (χ1) is 10.0. The highest BCUT2D eigenvalue weighted by Gasteiger charge is 2.12. The van der Waals surface area contributed by atoms with E-state index in [1.165, 1.54) is 24.3 Å². The standard InChI is InChI=1S/C15H11Cl2FN2O/c16-12-4-10(7-20)15(13(17)5-12)21-8-11-3-9(6-19)1-2-14(11)18/h1-5H,7-8,20H2. The van der Waals surface area contributed by atoms with Crippen LogP contribution in [-0.4, -0.2) is 0 Å². The van der Waals surface area contributed by atoms with E-state index in [0.29, 0.717) is 26.9 Å². The molecule has 0 atom stereocenters. The topological polar surface area (TPSA) is 59.0 Å². The van der Waals surface area contributed by atoms with Crippen LogP contribution in [0.4, 0.5) is 4.39 Å². The highest BCUT2D eigenvalue weighted by atomic mass is 35.5. The molecular formula is C15H11Cl2FN2O. The molecule has 2 N–H and O–H groups in total. The van der Waals surface area contributed by atoms with Gasteiger partial charge in [0, 0.05) is 22.7 Å². The smallest absolute Gasteiger partial charge is 0.142 e. The second kappa shape index (κ2) is 6.77. The summed E-state index contributed by atoms with van der Waals surface area (Å²) in [7, 11) is 0. The summed E-state index contributed by atoms with van der Waals surface area (Å²) in [4.78, 5) is 0. The third-order valence-electron chi connectivity index (χ3n) is 2.85. The van der Waals surface area contributed by atoms with Crippen molar-refractivity contribution in [2.24, 2.45) is 5.73 Å². The van der Waals surface area contributed by atoms with Gasteiger partial charge in [-0.15, -0.1) is 0 Å². The number of nitrogens with two attached hydrogens (primary N) is 1. The van der Waals surface area contributed by atoms with E-state index in [4.69, 9.17) is 38.9 Å². The fraction of sp³-hybridized carbons (Fsp3) is 0.133. The van der Waals surface area contributed by atoms with Crippen molar-refractivity contribution >= 4 is 23.2 Å². The number of hydrogen-bond acceptors (Lipinski definition) is 3. The molecule has 6 heteroatoms. The molecule has 108 valence electrons. The van der Waals surface area contributed by atoms with Gasteiger partial charge in [0.2, 0.25) is 0 Å². The van der Waals surface area contributed by atoms with Gasteiger partial charge in [0.25, 0.3) is 0 Å². The lowest BCUT2D eigenvalue weighted by molar-refractivity contribution is 0.297. The Hall–Kier alpha value is -1.80. The van der Waals surface area contributed by atoms with E-state index >= 15 is 0 Å². The molecule has 0 aliphatic carbocycles. The SMILES string of the molecule is N#Cc1ccc(F)c(COc2c(Cl)cc(Cl)cc2CN)c1. The zero-order chi connectivity index (χ0) is 15.4. The molecule has 3 nitrogen and oxygen atoms in total. The average molecular weight is 325 g/mol. The fourth-order valence-corrected chi connectivity index (χ4v) is 2.42. The van der Waals surface area contributed by atoms with Crippen molar-refractivity contribution in [1.82, 2.24) is 0 Å². The first kappa shape index (κ1) is 15.6. The quantitative estimate of drug-likeness (QED) is 0.923. The summed E-state index contributed by atoms with van der Waals surface area (Å²) in [6, 6.07) is 9.18. The third kappa shape index (κ3) is 3.64. The molecule has 0 saturated heterocycles. The largest absolute Gasteiger partial charge is 0.487 e. The van der Waals surface area contributed by atoms with E-state index in [1.807, 2.05) is 6.07 Å². The summed E-state index contributed by atoms with van der Waals surface area (Å²) >= 11 is 12.0. The number of benzene rings is 2. The second-order valence-corrected chi connectivity index (χ2v) is 5.13. The monoisotopic (exact) mass is 324 g/mol. The predicted octanol–water partition coefficient (Wildman–Crippen LogP) is 4.04. The first-order valence-corrected chi connectivity index (χ1v) is 6.80. The summed E-state index contributed by atoms with van der Waals surface area (Å²) < 4.78 is 19.2. The molecule has 2 aromatic rings. The van der Waals surface area contributed by atoms with Gasteiger partial charge in [0.15, 0.2) is 0 Å². The minimum atomic E-state index is -0.451. The lowest BCUT2D eigenvalue weighted by atomic mass is 10.1. The van der Waals surface area contributed by atoms with E-state index in [0.717, 1.165) is 0 Å². The number of nitriles is 1. The van der Waals surface area contributed by atoms with Crippen LogP contribution >= 0.6 is 23.2 Å². The maximum Gasteiger partial charge on any atom is 0.142 e. The van der Waals surface area contributed by atoms with Crippen molar-refractivity contribution in [3.63, 3.8) is 0 Å². The molecule has 0 unspecified atom stereocenters. The van der Waals surface area contributed by atoms with Crippen LogP contribution in [-0.2, 0) is 13.2 Å². The Kier molecular flexibility index (Phi) is 5.03. The van der Waals surface area contributed by atoms with Crippen LogP contribution in [0.1, 0.15) is 16.7 Å². The maximum absolute atomic E-state index is 13.7. The summed E-state index contributed by atoms with van der Waals surface area (Å²) in [5.74, 6) is -0.0845. The molecule has 0 fully saturated rings. The van der Waals surface area contributed by atoms with E-state index in [2.05, 4.69) is 0 Å². The minimum Gasteiger partial charge on any atom is -0.487 e. The van der Waals surface area contributed by atoms with Gasteiger partial charge in [-0.1, -0.05) is 23.2 Å². The lowest BCUT2D eigenvalue weighted by Gasteiger charge is -2.13. The number of halogens is 3. The summed E-state index contributed by atoms with van der Waals surface area (Å²) in [6.45, 7) is 0.131. The number of hydrogen-bond donors (Lipinski definition) is 1. The zero-order valence-corrected chi connectivity index (χ0v) is 12.4. The molecule has 0 bridgehead atoms. The van der Waals surface area contributed by atoms with Gasteiger partial charge in [-0.2, -0.15) is 5.26 Å². The van der Waals surface area contributed by atoms with Crippen LogP contribution in [0.2, 0.25) is 10.0 Å². The molecule has 2 rings (SSSR count). The van der Waals surface area contributed by atoms with Crippen molar-refractivity contribution in [3.05, 3.63) is 62.9 Å². The van der Waals surface area contributed by atoms with Gasteiger partial charge in [0.05, 0.1) is 16.7 Å². The molecule has 0 radical (unpaired) electrons. The highest BCUT2D eigenvalue weighted by molar-refractivity contribution is 6.35. The maximum atomic E-state index is 13.7. The van der Waals surface area contributed by atoms with Crippen molar-refractivity contribution in [1.29, 1.82) is 5.26 Å². The number of ether oxygens (including phenoxy) is 1. The van der Waals surface area contributed by atoms with Crippen molar-refractivity contribution < 1.29 is 9.13 Å². The molecule has 0 spiro atoms. The fourth-order valence-electron chi connectivity index (χ4n) is 1.83. The van der Waals surface area contributed by atoms with Gasteiger partial charge in [0.1, 0.15) is 18.2 Å². The van der Waals surface area contributed by atoms with Crippen molar-refractivity contribution in [2.45, 2.75) is 13.2 Å². The highest BCUT2D eigenvalue weighted by Crippen LogP contribution is 2.33. The minimum absolute atomic E-state index is 0.0598. The van der Waals surface area contributed by atoms with Gasteiger partial charge < -0.3 is 10.5 Å². The lowest BCUT2D eigenvalue weighted by Crippen LogP contribution is -2.05. The summed E-state index contributed by atoms with van der Waals surface area (Å²) in [5.41, 5.74) is 6.87. The first-order valence-electron chi connectivity index (χ1n) is 6.04. The van der Waals surface area contributed by atoms with Crippen LogP contribution in [0.5, 0.6) is 5.75 Å². The molecule has 0 heterocycles. The van der Waals surface area contributed by atoms with Crippen LogP contribution in [0.15, 0.2) is 30.3 Å².